The molecule has 1 aliphatic rings. The van der Waals surface area contributed by atoms with E-state index < -0.39 is 36.6 Å². The number of cyclic esters (lactones) is 1. The second-order valence-electron chi connectivity index (χ2n) is 4.86. The number of hydrogen-bond donors (Lipinski definition) is 2. The third-order valence-corrected chi connectivity index (χ3v) is 3.61. The summed E-state index contributed by atoms with van der Waals surface area (Å²) >= 11 is 0. The lowest BCUT2D eigenvalue weighted by atomic mass is 9.76. The predicted molar refractivity (Wildman–Crippen MR) is 70.4 cm³/mol. The van der Waals surface area contributed by atoms with E-state index in [1.807, 2.05) is 0 Å². The summed E-state index contributed by atoms with van der Waals surface area (Å²) in [5.41, 5.74) is 0.640. The summed E-state index contributed by atoms with van der Waals surface area (Å²) in [7, 11) is 0. The lowest BCUT2D eigenvalue weighted by Crippen LogP contribution is -2.49. The minimum Gasteiger partial charge on any atom is -0.457 e. The Kier molecular flexibility index (Phi) is 4.52. The number of carbonyl (C=O) groups is 1. The topological polar surface area (TPSA) is 66.8 Å². The Labute approximate surface area is 116 Å². The number of aliphatic hydroxyl groups excluding tert-OH is 2. The van der Waals surface area contributed by atoms with Gasteiger partial charge < -0.3 is 14.9 Å². The maximum Gasteiger partial charge on any atom is 0.310 e. The van der Waals surface area contributed by atoms with E-state index in [9.17, 15) is 19.4 Å². The standard InChI is InChI=1S/C15H17FO4/c1-2-3-11-13(9-4-6-10(16)7-5-9)14(18)12(8-17)20-15(11)19/h2,4-7,11-14,17-18H,1,3,8H2/t11-,12+,13-,14-/m0/s1. The number of rotatable bonds is 4. The molecule has 0 bridgehead atoms. The molecule has 0 aromatic heterocycles. The molecule has 2 N–H and O–H groups in total. The van der Waals surface area contributed by atoms with Crippen LogP contribution in [0.25, 0.3) is 0 Å². The maximum absolute atomic E-state index is 13.0. The van der Waals surface area contributed by atoms with E-state index in [1.165, 1.54) is 24.3 Å². The normalized spacial score (nSPS) is 29.9. The first-order valence-corrected chi connectivity index (χ1v) is 6.44. The molecule has 4 atom stereocenters. The molecule has 0 radical (unpaired) electrons. The van der Waals surface area contributed by atoms with Gasteiger partial charge in [-0.1, -0.05) is 18.2 Å². The second kappa shape index (κ2) is 6.15. The molecule has 0 amide bonds. The highest BCUT2D eigenvalue weighted by atomic mass is 19.1. The number of benzene rings is 1. The molecule has 108 valence electrons. The van der Waals surface area contributed by atoms with Gasteiger partial charge in [0.25, 0.3) is 0 Å². The van der Waals surface area contributed by atoms with Gasteiger partial charge in [-0.25, -0.2) is 4.39 Å². The summed E-state index contributed by atoms with van der Waals surface area (Å²) in [5, 5.41) is 19.5. The van der Waals surface area contributed by atoms with E-state index in [1.54, 1.807) is 6.08 Å². The highest BCUT2D eigenvalue weighted by Gasteiger charge is 2.45. The molecule has 1 fully saturated rings. The number of hydrogen-bond acceptors (Lipinski definition) is 4. The number of ether oxygens (including phenoxy) is 1. The quantitative estimate of drug-likeness (QED) is 0.646. The van der Waals surface area contributed by atoms with Crippen molar-refractivity contribution in [2.24, 2.45) is 5.92 Å². The molecule has 1 aromatic rings. The zero-order chi connectivity index (χ0) is 14.7. The molecule has 5 heteroatoms. The Morgan fingerprint density at radius 3 is 2.55 bits per heavy atom. The van der Waals surface area contributed by atoms with Crippen LogP contribution in [0.15, 0.2) is 36.9 Å². The third-order valence-electron chi connectivity index (χ3n) is 3.61. The van der Waals surface area contributed by atoms with Crippen LogP contribution in [0.5, 0.6) is 0 Å². The van der Waals surface area contributed by atoms with E-state index in [0.717, 1.165) is 0 Å². The smallest absolute Gasteiger partial charge is 0.310 e. The second-order valence-corrected chi connectivity index (χ2v) is 4.86. The van der Waals surface area contributed by atoms with Gasteiger partial charge in [0.2, 0.25) is 0 Å². The van der Waals surface area contributed by atoms with E-state index in [-0.39, 0.29) is 5.82 Å². The van der Waals surface area contributed by atoms with Crippen LogP contribution in [0.4, 0.5) is 4.39 Å². The summed E-state index contributed by atoms with van der Waals surface area (Å²) in [6.45, 7) is 3.14. The molecule has 20 heavy (non-hydrogen) atoms. The molecule has 0 saturated carbocycles. The van der Waals surface area contributed by atoms with Gasteiger partial charge in [0.1, 0.15) is 11.9 Å². The van der Waals surface area contributed by atoms with Gasteiger partial charge in [-0.15, -0.1) is 6.58 Å². The highest BCUT2D eigenvalue weighted by molar-refractivity contribution is 5.75. The molecule has 1 aliphatic heterocycles. The fraction of sp³-hybridized carbons (Fsp3) is 0.400. The average molecular weight is 280 g/mol. The lowest BCUT2D eigenvalue weighted by molar-refractivity contribution is -0.179. The van der Waals surface area contributed by atoms with Crippen LogP contribution in [0.2, 0.25) is 0 Å². The van der Waals surface area contributed by atoms with Crippen LogP contribution in [0.3, 0.4) is 0 Å². The lowest BCUT2D eigenvalue weighted by Gasteiger charge is -2.38. The molecule has 0 unspecified atom stereocenters. The summed E-state index contributed by atoms with van der Waals surface area (Å²) in [6, 6.07) is 5.63. The SMILES string of the molecule is C=CC[C@@H]1C(=O)O[C@H](CO)[C@H](O)[C@H]1c1ccc(F)cc1. The van der Waals surface area contributed by atoms with Gasteiger partial charge in [-0.05, 0) is 24.1 Å². The first-order chi connectivity index (χ1) is 9.58. The molecule has 1 heterocycles. The summed E-state index contributed by atoms with van der Waals surface area (Å²) in [6.07, 6.45) is -0.0726. The molecule has 0 spiro atoms. The number of allylic oxidation sites excluding steroid dienone is 1. The van der Waals surface area contributed by atoms with Crippen molar-refractivity contribution in [3.8, 4) is 0 Å². The van der Waals surface area contributed by atoms with Gasteiger partial charge in [-0.3, -0.25) is 4.79 Å². The minimum absolute atomic E-state index is 0.343. The van der Waals surface area contributed by atoms with Gasteiger partial charge in [0.05, 0.1) is 12.5 Å². The van der Waals surface area contributed by atoms with Gasteiger partial charge >= 0.3 is 5.97 Å². The molecule has 1 aromatic carbocycles. The van der Waals surface area contributed by atoms with E-state index in [0.29, 0.717) is 12.0 Å². The van der Waals surface area contributed by atoms with E-state index in [2.05, 4.69) is 6.58 Å². The van der Waals surface area contributed by atoms with Crippen molar-refractivity contribution in [2.45, 2.75) is 24.5 Å². The Morgan fingerprint density at radius 2 is 2.00 bits per heavy atom. The third kappa shape index (κ3) is 2.73. The summed E-state index contributed by atoms with van der Waals surface area (Å²) in [5.74, 6) is -2.01. The number of carbonyl (C=O) groups excluding carboxylic acids is 1. The molecule has 2 rings (SSSR count). The predicted octanol–water partition coefficient (Wildman–Crippen LogP) is 1.38. The Hall–Kier alpha value is -1.72. The number of esters is 1. The molecule has 4 nitrogen and oxygen atoms in total. The first kappa shape index (κ1) is 14.7. The summed E-state index contributed by atoms with van der Waals surface area (Å²) in [4.78, 5) is 12.0. The van der Waals surface area contributed by atoms with Crippen LogP contribution in [-0.4, -0.2) is 35.0 Å². The van der Waals surface area contributed by atoms with Gasteiger partial charge in [0, 0.05) is 5.92 Å². The van der Waals surface area contributed by atoms with E-state index >= 15 is 0 Å². The van der Waals surface area contributed by atoms with Gasteiger partial charge in [0.15, 0.2) is 6.10 Å². The van der Waals surface area contributed by atoms with Crippen LogP contribution in [0, 0.1) is 11.7 Å². The van der Waals surface area contributed by atoms with Gasteiger partial charge in [-0.2, -0.15) is 0 Å². The number of aliphatic hydroxyl groups is 2. The molecular formula is C15H17FO4. The highest BCUT2D eigenvalue weighted by Crippen LogP contribution is 2.37. The Bertz CT molecular complexity index is 485. The van der Waals surface area contributed by atoms with Crippen LogP contribution >= 0.6 is 0 Å². The van der Waals surface area contributed by atoms with Crippen LogP contribution in [-0.2, 0) is 9.53 Å². The average Bonchev–Trinajstić information content (AvgIpc) is 2.44. The molecule has 1 saturated heterocycles. The zero-order valence-electron chi connectivity index (χ0n) is 10.9. The largest absolute Gasteiger partial charge is 0.457 e. The Balaban J connectivity index is 2.37. The van der Waals surface area contributed by atoms with Crippen molar-refractivity contribution in [2.75, 3.05) is 6.61 Å². The molecule has 0 aliphatic carbocycles. The van der Waals surface area contributed by atoms with E-state index in [4.69, 9.17) is 4.74 Å². The van der Waals surface area contributed by atoms with Crippen molar-refractivity contribution < 1.29 is 24.1 Å². The van der Waals surface area contributed by atoms with Crippen LogP contribution in [0.1, 0.15) is 17.9 Å². The minimum atomic E-state index is -1.03. The zero-order valence-corrected chi connectivity index (χ0v) is 10.9. The van der Waals surface area contributed by atoms with Crippen molar-refractivity contribution in [3.63, 3.8) is 0 Å². The maximum atomic E-state index is 13.0. The first-order valence-electron chi connectivity index (χ1n) is 6.44. The van der Waals surface area contributed by atoms with Crippen molar-refractivity contribution in [3.05, 3.63) is 48.3 Å². The van der Waals surface area contributed by atoms with Crippen molar-refractivity contribution in [1.82, 2.24) is 0 Å². The fourth-order valence-corrected chi connectivity index (χ4v) is 2.60. The summed E-state index contributed by atoms with van der Waals surface area (Å²) < 4.78 is 18.0. The van der Waals surface area contributed by atoms with Crippen molar-refractivity contribution in [1.29, 1.82) is 0 Å². The fourth-order valence-electron chi connectivity index (χ4n) is 2.60. The number of halogens is 1. The Morgan fingerprint density at radius 1 is 1.35 bits per heavy atom. The molecular weight excluding hydrogens is 263 g/mol. The van der Waals surface area contributed by atoms with Crippen LogP contribution < -0.4 is 0 Å². The van der Waals surface area contributed by atoms with Crippen molar-refractivity contribution >= 4 is 5.97 Å². The monoisotopic (exact) mass is 280 g/mol.